The highest BCUT2D eigenvalue weighted by molar-refractivity contribution is 6.04. The van der Waals surface area contributed by atoms with Gasteiger partial charge >= 0.3 is 0 Å². The minimum absolute atomic E-state index is 0. The van der Waals surface area contributed by atoms with Crippen molar-refractivity contribution in [1.29, 1.82) is 0 Å². The van der Waals surface area contributed by atoms with Crippen LogP contribution < -0.4 is 22.7 Å². The van der Waals surface area contributed by atoms with Crippen molar-refractivity contribution in [2.45, 2.75) is 0 Å². The normalized spacial score (nSPS) is 10.6. The molecule has 0 radical (unpaired) electrons. The highest BCUT2D eigenvalue weighted by Gasteiger charge is 2.15. The number of benzene rings is 3. The molecule has 0 spiro atoms. The van der Waals surface area contributed by atoms with E-state index in [4.69, 9.17) is 0 Å². The summed E-state index contributed by atoms with van der Waals surface area (Å²) in [6.45, 7) is 0. The van der Waals surface area contributed by atoms with Crippen molar-refractivity contribution in [3.05, 3.63) is 105 Å². The Labute approximate surface area is 166 Å². The summed E-state index contributed by atoms with van der Waals surface area (Å²) in [5.41, 5.74) is 1.74. The summed E-state index contributed by atoms with van der Waals surface area (Å²) in [5.74, 6) is 0.539. The average molecular weight is 399 g/mol. The van der Waals surface area contributed by atoms with E-state index in [2.05, 4.69) is 10.3 Å². The zero-order valence-electron chi connectivity index (χ0n) is 14.4. The molecule has 9 heteroatoms. The maximum Gasteiger partial charge on any atom is 0.285 e. The van der Waals surface area contributed by atoms with Crippen molar-refractivity contribution in [3.63, 3.8) is 0 Å². The molecular formula is C19H15ClN4O4. The van der Waals surface area contributed by atoms with E-state index in [0.29, 0.717) is 17.2 Å². The molecule has 142 valence electrons. The number of nitrogens with zero attached hydrogens (tertiary/aromatic N) is 2. The third-order valence-electron chi connectivity index (χ3n) is 3.72. The van der Waals surface area contributed by atoms with E-state index in [1.54, 1.807) is 24.3 Å². The van der Waals surface area contributed by atoms with Crippen LogP contribution in [0.15, 0.2) is 78.9 Å². The van der Waals surface area contributed by atoms with Gasteiger partial charge in [-0.3, -0.25) is 20.2 Å². The van der Waals surface area contributed by atoms with Gasteiger partial charge in [0.1, 0.15) is 11.4 Å². The molecule has 0 heterocycles. The molecule has 8 nitrogen and oxygen atoms in total. The summed E-state index contributed by atoms with van der Waals surface area (Å²) in [6.07, 6.45) is 0. The number of non-ortho nitro benzene ring substituents is 2. The lowest BCUT2D eigenvalue weighted by Gasteiger charge is -2.04. The molecule has 0 saturated carbocycles. The highest BCUT2D eigenvalue weighted by atomic mass is 35.5. The number of rotatable bonds is 5. The van der Waals surface area contributed by atoms with E-state index >= 15 is 0 Å². The number of nitro benzene ring substituents is 2. The molecule has 0 aromatic heterocycles. The van der Waals surface area contributed by atoms with Crippen LogP contribution in [0.25, 0.3) is 0 Å². The number of anilines is 1. The van der Waals surface area contributed by atoms with E-state index in [0.717, 1.165) is 5.56 Å². The third kappa shape index (κ3) is 5.12. The molecule has 3 aromatic rings. The lowest BCUT2D eigenvalue weighted by atomic mass is 10.2. The number of halogens is 1. The molecule has 0 aliphatic rings. The summed E-state index contributed by atoms with van der Waals surface area (Å²) >= 11 is 0. The van der Waals surface area contributed by atoms with Crippen molar-refractivity contribution in [1.82, 2.24) is 0 Å². The van der Waals surface area contributed by atoms with Gasteiger partial charge in [0.2, 0.25) is 0 Å². The summed E-state index contributed by atoms with van der Waals surface area (Å²) in [4.78, 5) is 24.2. The molecule has 0 aliphatic carbocycles. The Balaban J connectivity index is 0.00000280. The molecule has 0 saturated heterocycles. The summed E-state index contributed by atoms with van der Waals surface area (Å²) < 4.78 is 0. The minimum atomic E-state index is -0.471. The second-order valence-electron chi connectivity index (χ2n) is 5.61. The minimum Gasteiger partial charge on any atom is -1.00 e. The highest BCUT2D eigenvalue weighted by Crippen LogP contribution is 2.18. The van der Waals surface area contributed by atoms with Crippen LogP contribution in [0.5, 0.6) is 0 Å². The fourth-order valence-corrected chi connectivity index (χ4v) is 2.46. The van der Waals surface area contributed by atoms with Gasteiger partial charge in [-0.05, 0) is 24.3 Å². The maximum atomic E-state index is 11.0. The Bertz CT molecular complexity index is 1030. The Hall–Kier alpha value is -3.78. The van der Waals surface area contributed by atoms with Gasteiger partial charge in [-0.1, -0.05) is 30.3 Å². The Morgan fingerprint density at radius 2 is 1.39 bits per heavy atom. The third-order valence-corrected chi connectivity index (χ3v) is 3.72. The number of amidine groups is 1. The number of nitrogens with one attached hydrogen (secondary N) is 2. The second-order valence-corrected chi connectivity index (χ2v) is 5.61. The van der Waals surface area contributed by atoms with E-state index < -0.39 is 9.85 Å². The molecule has 0 unspecified atom stereocenters. The predicted octanol–water partition coefficient (Wildman–Crippen LogP) is -0.222. The van der Waals surface area contributed by atoms with E-state index in [9.17, 15) is 20.2 Å². The predicted molar refractivity (Wildman–Crippen MR) is 101 cm³/mol. The maximum absolute atomic E-state index is 11.0. The topological polar surface area (TPSA) is 112 Å². The zero-order valence-corrected chi connectivity index (χ0v) is 15.2. The molecule has 0 bridgehead atoms. The van der Waals surface area contributed by atoms with Gasteiger partial charge < -0.3 is 12.4 Å². The van der Waals surface area contributed by atoms with E-state index in [-0.39, 0.29) is 23.8 Å². The molecule has 3 rings (SSSR count). The van der Waals surface area contributed by atoms with Crippen LogP contribution in [0.1, 0.15) is 5.56 Å². The van der Waals surface area contributed by atoms with Crippen molar-refractivity contribution >= 4 is 28.6 Å². The van der Waals surface area contributed by atoms with Gasteiger partial charge in [0, 0.05) is 12.1 Å². The number of hydrogen-bond acceptors (Lipinski definition) is 4. The van der Waals surface area contributed by atoms with Gasteiger partial charge in [0.15, 0.2) is 0 Å². The van der Waals surface area contributed by atoms with E-state index in [1.165, 1.54) is 24.3 Å². The average Bonchev–Trinajstić information content (AvgIpc) is 2.68. The van der Waals surface area contributed by atoms with Crippen LogP contribution in [0.3, 0.4) is 0 Å². The molecule has 0 aliphatic heterocycles. The number of nitro groups is 2. The van der Waals surface area contributed by atoms with Crippen LogP contribution in [0.2, 0.25) is 0 Å². The first-order valence-corrected chi connectivity index (χ1v) is 7.98. The molecule has 0 fully saturated rings. The summed E-state index contributed by atoms with van der Waals surface area (Å²) in [5, 5.41) is 25.1. The quantitative estimate of drug-likeness (QED) is 0.267. The zero-order chi connectivity index (χ0) is 19.2. The summed E-state index contributed by atoms with van der Waals surface area (Å²) in [6, 6.07) is 21.5. The first-order chi connectivity index (χ1) is 13.0. The lowest BCUT2D eigenvalue weighted by molar-refractivity contribution is -0.387. The van der Waals surface area contributed by atoms with Gasteiger partial charge in [0.05, 0.1) is 27.5 Å². The Morgan fingerprint density at radius 1 is 0.786 bits per heavy atom. The van der Waals surface area contributed by atoms with Gasteiger partial charge in [-0.2, -0.15) is 0 Å². The lowest BCUT2D eigenvalue weighted by Crippen LogP contribution is -3.00. The largest absolute Gasteiger partial charge is 1.00 e. The van der Waals surface area contributed by atoms with Crippen LogP contribution in [-0.4, -0.2) is 15.7 Å². The molecule has 2 N–H and O–H groups in total. The van der Waals surface area contributed by atoms with Crippen LogP contribution >= 0.6 is 0 Å². The Kier molecular flexibility index (Phi) is 6.78. The fourth-order valence-electron chi connectivity index (χ4n) is 2.46. The smallest absolute Gasteiger partial charge is 0.285 e. The van der Waals surface area contributed by atoms with Crippen molar-refractivity contribution in [2.24, 2.45) is 0 Å². The molecule has 0 amide bonds. The van der Waals surface area contributed by atoms with Crippen molar-refractivity contribution in [2.75, 3.05) is 5.32 Å². The van der Waals surface area contributed by atoms with Crippen LogP contribution in [0, 0.1) is 20.2 Å². The van der Waals surface area contributed by atoms with Gasteiger partial charge in [-0.25, -0.2) is 10.3 Å². The molecule has 3 aromatic carbocycles. The van der Waals surface area contributed by atoms with Crippen LogP contribution in [0.4, 0.5) is 22.7 Å². The second kappa shape index (κ2) is 9.24. The molecule has 0 atom stereocenters. The first kappa shape index (κ1) is 20.5. The van der Waals surface area contributed by atoms with Crippen LogP contribution in [-0.2, 0) is 0 Å². The van der Waals surface area contributed by atoms with Gasteiger partial charge in [-0.15, -0.1) is 0 Å². The SMILES string of the molecule is O=[N+]([O-])c1cccc(NC(=[NH+]c2cccc([N+](=O)[O-])c2)c2ccccc2)c1.[Cl-]. The number of hydrogen-bond donors (Lipinski definition) is 2. The summed E-state index contributed by atoms with van der Waals surface area (Å²) in [7, 11) is 0. The van der Waals surface area contributed by atoms with E-state index in [1.807, 2.05) is 30.3 Å². The van der Waals surface area contributed by atoms with Crippen molar-refractivity contribution in [3.8, 4) is 0 Å². The van der Waals surface area contributed by atoms with Crippen molar-refractivity contribution < 1.29 is 27.2 Å². The molecule has 28 heavy (non-hydrogen) atoms. The fraction of sp³-hybridized carbons (Fsp3) is 0. The standard InChI is InChI=1S/C19H14N4O4.ClH/c24-22(25)17-10-4-8-15(12-17)20-19(14-6-2-1-3-7-14)21-16-9-5-11-18(13-16)23(26)27;/h1-13H,(H,20,21);1H. The molecular weight excluding hydrogens is 384 g/mol. The Morgan fingerprint density at radius 3 is 2.04 bits per heavy atom. The first-order valence-electron chi connectivity index (χ1n) is 7.98. The monoisotopic (exact) mass is 398 g/mol. The van der Waals surface area contributed by atoms with Gasteiger partial charge in [0.25, 0.3) is 17.2 Å².